The molecule has 1 saturated heterocycles. The zero-order valence-corrected chi connectivity index (χ0v) is 39.1. The Morgan fingerprint density at radius 2 is 1.47 bits per heavy atom. The fourth-order valence-electron chi connectivity index (χ4n) is 7.53. The minimum atomic E-state index is -1.73. The van der Waals surface area contributed by atoms with E-state index in [1.54, 1.807) is 41.3 Å². The predicted molar refractivity (Wildman–Crippen MR) is 249 cm³/mol. The quantitative estimate of drug-likeness (QED) is 0.0252. The lowest BCUT2D eigenvalue weighted by molar-refractivity contribution is -0.0909. The Morgan fingerprint density at radius 3 is 2.02 bits per heavy atom. The first-order valence-electron chi connectivity index (χ1n) is 21.1. The van der Waals surface area contributed by atoms with Crippen LogP contribution in [-0.4, -0.2) is 127 Å². The maximum Gasteiger partial charge on any atom is 0.280 e. The number of hydrogen-bond acceptors (Lipinski definition) is 13. The van der Waals surface area contributed by atoms with Gasteiger partial charge < -0.3 is 37.8 Å². The van der Waals surface area contributed by atoms with Crippen LogP contribution in [0.1, 0.15) is 63.5 Å². The van der Waals surface area contributed by atoms with Gasteiger partial charge in [0.1, 0.15) is 29.4 Å². The third-order valence-corrected chi connectivity index (χ3v) is 12.5. The summed E-state index contributed by atoms with van der Waals surface area (Å²) >= 11 is 0. The second-order valence-electron chi connectivity index (χ2n) is 16.1. The third kappa shape index (κ3) is 11.0. The highest BCUT2D eigenvalue weighted by molar-refractivity contribution is 7.44. The average molecular weight is 895 g/mol. The first-order chi connectivity index (χ1) is 30.8. The molecule has 1 N–H and O–H groups in total. The molecule has 1 fully saturated rings. The summed E-state index contributed by atoms with van der Waals surface area (Å²) in [7, 11) is 8.87. The number of methoxy groups -OCH3 is 2. The summed E-state index contributed by atoms with van der Waals surface area (Å²) in [6.45, 7) is 8.56. The van der Waals surface area contributed by atoms with Crippen molar-refractivity contribution >= 4 is 44.3 Å². The van der Waals surface area contributed by atoms with Crippen molar-refractivity contribution in [2.45, 2.75) is 76.7 Å². The highest BCUT2D eigenvalue weighted by Gasteiger charge is 2.46. The average Bonchev–Trinajstić information content (AvgIpc) is 3.86. The van der Waals surface area contributed by atoms with Gasteiger partial charge in [0.15, 0.2) is 11.2 Å². The molecule has 0 radical (unpaired) electrons. The molecule has 1 aliphatic heterocycles. The van der Waals surface area contributed by atoms with Crippen molar-refractivity contribution < 1.29 is 28.0 Å². The number of benzene rings is 3. The van der Waals surface area contributed by atoms with E-state index in [9.17, 15) is 10.1 Å². The molecule has 0 bridgehead atoms. The van der Waals surface area contributed by atoms with Crippen LogP contribution in [-0.2, 0) is 24.1 Å². The number of aromatic amines is 1. The van der Waals surface area contributed by atoms with Crippen LogP contribution in [0.2, 0.25) is 0 Å². The van der Waals surface area contributed by atoms with E-state index in [0.717, 1.165) is 16.7 Å². The number of hydrogen-bond donors (Lipinski definition) is 1. The Balaban J connectivity index is 1.52. The number of ether oxygens (including phenoxy) is 4. The largest absolute Gasteiger partial charge is 0.497 e. The van der Waals surface area contributed by atoms with Gasteiger partial charge in [-0.1, -0.05) is 54.6 Å². The summed E-state index contributed by atoms with van der Waals surface area (Å²) in [4.78, 5) is 38.3. The van der Waals surface area contributed by atoms with Crippen LogP contribution < -0.4 is 15.0 Å². The molecular formula is C46H59N10O7P. The zero-order valence-electron chi connectivity index (χ0n) is 38.2. The minimum Gasteiger partial charge on any atom is -0.497 e. The molecule has 5 aromatic rings. The molecule has 2 aromatic heterocycles. The van der Waals surface area contributed by atoms with Crippen LogP contribution >= 0.6 is 8.53 Å². The van der Waals surface area contributed by atoms with Gasteiger partial charge in [0.25, 0.3) is 14.1 Å². The van der Waals surface area contributed by atoms with Crippen molar-refractivity contribution in [3.63, 3.8) is 0 Å². The van der Waals surface area contributed by atoms with Gasteiger partial charge in [-0.2, -0.15) is 10.2 Å². The lowest BCUT2D eigenvalue weighted by Crippen LogP contribution is -2.39. The number of aromatic nitrogens is 4. The Bertz CT molecular complexity index is 2380. The number of nitrogens with one attached hydrogen (secondary N) is 1. The Hall–Kier alpha value is -5.73. The predicted octanol–water partition coefficient (Wildman–Crippen LogP) is 7.54. The summed E-state index contributed by atoms with van der Waals surface area (Å²) < 4.78 is 43.1. The third-order valence-electron chi connectivity index (χ3n) is 10.3. The van der Waals surface area contributed by atoms with Crippen LogP contribution in [0.4, 0.5) is 11.9 Å². The molecule has 18 heteroatoms. The van der Waals surface area contributed by atoms with Gasteiger partial charge in [0.2, 0.25) is 11.9 Å². The Labute approximate surface area is 376 Å². The van der Waals surface area contributed by atoms with Gasteiger partial charge in [-0.25, -0.2) is 19.6 Å². The fraction of sp³-hybridized carbons (Fsp3) is 0.435. The van der Waals surface area contributed by atoms with Crippen LogP contribution in [0.25, 0.3) is 11.2 Å². The molecule has 4 atom stereocenters. The maximum atomic E-state index is 13.6. The maximum absolute atomic E-state index is 13.6. The number of imidazole rings is 1. The lowest BCUT2D eigenvalue weighted by atomic mass is 9.80. The summed E-state index contributed by atoms with van der Waals surface area (Å²) in [6, 6.07) is 27.9. The number of fused-ring (bicyclic) bond motifs is 1. The molecule has 3 aromatic carbocycles. The molecule has 17 nitrogen and oxygen atoms in total. The summed E-state index contributed by atoms with van der Waals surface area (Å²) in [5.74, 6) is 1.69. The van der Waals surface area contributed by atoms with Gasteiger partial charge in [-0.3, -0.25) is 14.3 Å². The molecule has 0 amide bonds. The van der Waals surface area contributed by atoms with E-state index >= 15 is 0 Å². The number of rotatable bonds is 21. The monoisotopic (exact) mass is 894 g/mol. The molecule has 0 saturated carbocycles. The van der Waals surface area contributed by atoms with E-state index in [2.05, 4.69) is 58.4 Å². The van der Waals surface area contributed by atoms with Crippen molar-refractivity contribution in [2.75, 3.05) is 55.6 Å². The van der Waals surface area contributed by atoms with Crippen LogP contribution in [0.3, 0.4) is 0 Å². The molecule has 1 unspecified atom stereocenters. The zero-order chi connectivity index (χ0) is 46.0. The highest BCUT2D eigenvalue weighted by atomic mass is 31.2. The molecule has 64 heavy (non-hydrogen) atoms. The summed E-state index contributed by atoms with van der Waals surface area (Å²) in [5.41, 5.74) is 1.23. The van der Waals surface area contributed by atoms with Crippen molar-refractivity contribution in [1.29, 1.82) is 5.26 Å². The van der Waals surface area contributed by atoms with E-state index in [0.29, 0.717) is 11.5 Å². The number of H-pyrrole nitrogens is 1. The molecule has 340 valence electrons. The van der Waals surface area contributed by atoms with Crippen molar-refractivity contribution in [3.8, 4) is 17.6 Å². The Kier molecular flexibility index (Phi) is 16.2. The molecular weight excluding hydrogens is 836 g/mol. The van der Waals surface area contributed by atoms with Gasteiger partial charge >= 0.3 is 0 Å². The SMILES string of the molecule is COc1ccc(C(OC[C@H]2O[C@@H](n3c(N=CN(C)C)nc4c(=O)[nH]c(N=CN(C)C)nc43)C[C@@H]2OP(OCCC#N)N(C(C)C)C(C)C)(c2ccccc2)c2ccc(OC)cc2)cc1. The van der Waals surface area contributed by atoms with Crippen LogP contribution in [0.5, 0.6) is 11.5 Å². The Morgan fingerprint density at radius 1 is 0.891 bits per heavy atom. The second-order valence-corrected chi connectivity index (χ2v) is 17.5. The van der Waals surface area contributed by atoms with E-state index in [1.165, 1.54) is 0 Å². The molecule has 3 heterocycles. The fourth-order valence-corrected chi connectivity index (χ4v) is 9.28. The van der Waals surface area contributed by atoms with Crippen molar-refractivity contribution in [2.24, 2.45) is 9.98 Å². The number of nitrogens with zero attached hydrogens (tertiary/aromatic N) is 9. The number of aliphatic imine (C=N–C) groups is 2. The van der Waals surface area contributed by atoms with Gasteiger partial charge in [-0.15, -0.1) is 0 Å². The highest BCUT2D eigenvalue weighted by Crippen LogP contribution is 2.51. The van der Waals surface area contributed by atoms with E-state index in [4.69, 9.17) is 33.0 Å². The normalized spacial score (nSPS) is 17.3. The summed E-state index contributed by atoms with van der Waals surface area (Å²) in [6.07, 6.45) is 1.44. The van der Waals surface area contributed by atoms with E-state index in [-0.39, 0.29) is 61.2 Å². The topological polar surface area (TPSA) is 177 Å². The van der Waals surface area contributed by atoms with Gasteiger partial charge in [-0.05, 0) is 68.7 Å². The molecule has 0 aliphatic carbocycles. The standard InChI is InChI=1S/C46H59N10O7P/c1-31(2)56(32(3)4)64(61-26-14-25-47)63-38-27-40(55-42-41(50-45(55)49-30-54(7)8)43(57)52-44(51-42)48-29-53(5)6)62-39(38)28-60-46(33-15-12-11-13-16-33,34-17-21-36(58-9)22-18-34)35-19-23-37(59-10)24-20-35/h11-13,15-24,29-32,38-40H,14,26-28H2,1-10H3,(H,51,52,57)/t38-,39+,40+,64?/m0/s1. The number of nitriles is 1. The van der Waals surface area contributed by atoms with Gasteiger partial charge in [0, 0.05) is 46.7 Å². The van der Waals surface area contributed by atoms with Crippen molar-refractivity contribution in [3.05, 3.63) is 106 Å². The van der Waals surface area contributed by atoms with E-state index in [1.807, 2.05) is 107 Å². The minimum absolute atomic E-state index is 0.0220. The first-order valence-corrected chi connectivity index (χ1v) is 22.2. The first kappa shape index (κ1) is 47.7. The molecule has 1 aliphatic rings. The van der Waals surface area contributed by atoms with Crippen LogP contribution in [0, 0.1) is 11.3 Å². The van der Waals surface area contributed by atoms with Crippen molar-refractivity contribution in [1.82, 2.24) is 34.0 Å². The second kappa shape index (κ2) is 21.8. The van der Waals surface area contributed by atoms with Gasteiger partial charge in [0.05, 0.1) is 58.7 Å². The smallest absolute Gasteiger partial charge is 0.280 e. The molecule has 6 rings (SSSR count). The molecule has 0 spiro atoms. The summed E-state index contributed by atoms with van der Waals surface area (Å²) in [5, 5.41) is 9.49. The lowest BCUT2D eigenvalue weighted by Gasteiger charge is -2.39. The van der Waals surface area contributed by atoms with E-state index < -0.39 is 38.1 Å². The van der Waals surface area contributed by atoms with Crippen LogP contribution in [0.15, 0.2) is 93.6 Å².